The van der Waals surface area contributed by atoms with Crippen LogP contribution in [0.5, 0.6) is 11.5 Å². The van der Waals surface area contributed by atoms with Crippen LogP contribution in [0.1, 0.15) is 41.0 Å². The smallest absolute Gasteiger partial charge is 0.255 e. The summed E-state index contributed by atoms with van der Waals surface area (Å²) in [6.07, 6.45) is 6.23. The number of thiazole rings is 1. The topological polar surface area (TPSA) is 63.7 Å². The molecule has 152 valence electrons. The molecule has 1 N–H and O–H groups in total. The highest BCUT2D eigenvalue weighted by molar-refractivity contribution is 7.09. The number of methoxy groups -OCH3 is 2. The van der Waals surface area contributed by atoms with Gasteiger partial charge in [-0.3, -0.25) is 9.69 Å². The predicted octanol–water partition coefficient (Wildman–Crippen LogP) is 3.58. The number of carbonyl (C=O) groups excluding carboxylic acids is 1. The molecule has 1 aliphatic rings. The minimum absolute atomic E-state index is 0.0821. The van der Waals surface area contributed by atoms with E-state index in [1.807, 2.05) is 11.6 Å². The van der Waals surface area contributed by atoms with E-state index in [0.717, 1.165) is 37.4 Å². The van der Waals surface area contributed by atoms with Gasteiger partial charge in [0, 0.05) is 30.2 Å². The summed E-state index contributed by atoms with van der Waals surface area (Å²) in [6, 6.07) is 5.49. The van der Waals surface area contributed by atoms with E-state index < -0.39 is 0 Å². The van der Waals surface area contributed by atoms with Crippen molar-refractivity contribution in [3.05, 3.63) is 40.3 Å². The Hall–Kier alpha value is -2.12. The summed E-state index contributed by atoms with van der Waals surface area (Å²) in [5.74, 6) is 1.71. The van der Waals surface area contributed by atoms with Crippen LogP contribution in [0.3, 0.4) is 0 Å². The van der Waals surface area contributed by atoms with Crippen LogP contribution in [0.15, 0.2) is 29.8 Å². The van der Waals surface area contributed by atoms with Gasteiger partial charge in [0.2, 0.25) is 0 Å². The van der Waals surface area contributed by atoms with E-state index >= 15 is 0 Å². The van der Waals surface area contributed by atoms with Crippen molar-refractivity contribution < 1.29 is 14.3 Å². The molecule has 0 unspecified atom stereocenters. The first-order valence-electron chi connectivity index (χ1n) is 9.69. The van der Waals surface area contributed by atoms with Crippen molar-refractivity contribution in [2.45, 2.75) is 38.3 Å². The lowest BCUT2D eigenvalue weighted by molar-refractivity contribution is 0.0911. The summed E-state index contributed by atoms with van der Waals surface area (Å²) in [5, 5.41) is 6.37. The van der Waals surface area contributed by atoms with Gasteiger partial charge in [-0.2, -0.15) is 0 Å². The van der Waals surface area contributed by atoms with Crippen molar-refractivity contribution >= 4 is 17.2 Å². The molecule has 1 amide bonds. The molecule has 1 saturated carbocycles. The number of nitrogens with one attached hydrogen (secondary N) is 1. The Morgan fingerprint density at radius 2 is 2.18 bits per heavy atom. The number of rotatable bonds is 8. The third kappa shape index (κ3) is 5.45. The zero-order valence-electron chi connectivity index (χ0n) is 16.8. The first-order valence-corrected chi connectivity index (χ1v) is 10.6. The summed E-state index contributed by atoms with van der Waals surface area (Å²) >= 11 is 1.70. The Labute approximate surface area is 170 Å². The second-order valence-electron chi connectivity index (χ2n) is 7.39. The molecule has 0 saturated heterocycles. The second kappa shape index (κ2) is 9.89. The minimum atomic E-state index is -0.0821. The molecular weight excluding hydrogens is 374 g/mol. The highest BCUT2D eigenvalue weighted by Crippen LogP contribution is 2.28. The molecule has 1 aromatic carbocycles. The molecule has 3 rings (SSSR count). The monoisotopic (exact) mass is 403 g/mol. The van der Waals surface area contributed by atoms with Crippen LogP contribution in [-0.4, -0.2) is 49.6 Å². The van der Waals surface area contributed by atoms with Crippen molar-refractivity contribution in [1.82, 2.24) is 15.2 Å². The first kappa shape index (κ1) is 20.6. The zero-order chi connectivity index (χ0) is 19.9. The van der Waals surface area contributed by atoms with E-state index in [9.17, 15) is 4.79 Å². The van der Waals surface area contributed by atoms with Crippen LogP contribution in [0.4, 0.5) is 0 Å². The van der Waals surface area contributed by atoms with E-state index in [2.05, 4.69) is 22.2 Å². The van der Waals surface area contributed by atoms with Crippen molar-refractivity contribution in [3.63, 3.8) is 0 Å². The fourth-order valence-electron chi connectivity index (χ4n) is 3.90. The Balaban J connectivity index is 1.55. The molecule has 2 aromatic rings. The average Bonchev–Trinajstić information content (AvgIpc) is 3.20. The van der Waals surface area contributed by atoms with E-state index in [-0.39, 0.29) is 11.9 Å². The van der Waals surface area contributed by atoms with Crippen LogP contribution >= 0.6 is 11.3 Å². The summed E-state index contributed by atoms with van der Waals surface area (Å²) in [6.45, 7) is 1.91. The first-order chi connectivity index (χ1) is 13.6. The molecule has 6 nitrogen and oxygen atoms in total. The number of hydrogen-bond acceptors (Lipinski definition) is 6. The normalized spacial score (nSPS) is 19.4. The van der Waals surface area contributed by atoms with Gasteiger partial charge >= 0.3 is 0 Å². The van der Waals surface area contributed by atoms with Crippen molar-refractivity contribution in [3.8, 4) is 11.5 Å². The third-order valence-electron chi connectivity index (χ3n) is 5.23. The van der Waals surface area contributed by atoms with Gasteiger partial charge in [-0.25, -0.2) is 4.98 Å². The Morgan fingerprint density at radius 1 is 1.32 bits per heavy atom. The molecule has 0 spiro atoms. The molecule has 1 fully saturated rings. The fraction of sp³-hybridized carbons (Fsp3) is 0.524. The zero-order valence-corrected chi connectivity index (χ0v) is 17.6. The summed E-state index contributed by atoms with van der Waals surface area (Å²) < 4.78 is 10.6. The lowest BCUT2D eigenvalue weighted by atomic mass is 9.85. The maximum absolute atomic E-state index is 12.8. The fourth-order valence-corrected chi connectivity index (χ4v) is 4.60. The van der Waals surface area contributed by atoms with Crippen molar-refractivity contribution in [2.24, 2.45) is 5.92 Å². The molecule has 1 aromatic heterocycles. The van der Waals surface area contributed by atoms with Crippen molar-refractivity contribution in [2.75, 3.05) is 27.8 Å². The lowest BCUT2D eigenvalue weighted by Crippen LogP contribution is -2.40. The number of hydrogen-bond donors (Lipinski definition) is 1. The standard InChI is InChI=1S/C21H29N3O3S/c1-24(14-20-22-9-10-28-20)13-15-5-4-6-16(11-15)23-21(25)18-8-7-17(26-2)12-19(18)27-3/h7-10,12,15-16H,4-6,11,13-14H2,1-3H3,(H,23,25)/t15-,16-/m1/s1. The maximum Gasteiger partial charge on any atom is 0.255 e. The molecule has 28 heavy (non-hydrogen) atoms. The summed E-state index contributed by atoms with van der Waals surface area (Å²) in [4.78, 5) is 19.5. The lowest BCUT2D eigenvalue weighted by Gasteiger charge is -2.32. The molecule has 0 radical (unpaired) electrons. The Morgan fingerprint density at radius 3 is 2.89 bits per heavy atom. The van der Waals surface area contributed by atoms with Crippen LogP contribution < -0.4 is 14.8 Å². The second-order valence-corrected chi connectivity index (χ2v) is 8.37. The van der Waals surface area contributed by atoms with Crippen LogP contribution in [0.25, 0.3) is 0 Å². The number of amides is 1. The van der Waals surface area contributed by atoms with E-state index in [1.54, 1.807) is 43.8 Å². The molecule has 0 aliphatic heterocycles. The SMILES string of the molecule is COc1ccc(C(=O)N[C@@H]2CCC[C@@H](CN(C)Cc3nccs3)C2)c(OC)c1. The number of ether oxygens (including phenoxy) is 2. The van der Waals surface area contributed by atoms with Crippen molar-refractivity contribution in [1.29, 1.82) is 0 Å². The highest BCUT2D eigenvalue weighted by Gasteiger charge is 2.25. The molecular formula is C21H29N3O3S. The van der Waals surface area contributed by atoms with Crippen LogP contribution in [-0.2, 0) is 6.54 Å². The Kier molecular flexibility index (Phi) is 7.28. The van der Waals surface area contributed by atoms with E-state index in [4.69, 9.17) is 9.47 Å². The predicted molar refractivity (Wildman–Crippen MR) is 111 cm³/mol. The van der Waals surface area contributed by atoms with Gasteiger partial charge < -0.3 is 14.8 Å². The Bertz CT molecular complexity index is 766. The van der Waals surface area contributed by atoms with Crippen LogP contribution in [0.2, 0.25) is 0 Å². The molecule has 0 bridgehead atoms. The largest absolute Gasteiger partial charge is 0.497 e. The van der Waals surface area contributed by atoms with Gasteiger partial charge in [0.25, 0.3) is 5.91 Å². The highest BCUT2D eigenvalue weighted by atomic mass is 32.1. The van der Waals surface area contributed by atoms with E-state index in [1.165, 1.54) is 6.42 Å². The quantitative estimate of drug-likeness (QED) is 0.730. The van der Waals surface area contributed by atoms with Gasteiger partial charge in [0.15, 0.2) is 0 Å². The third-order valence-corrected chi connectivity index (χ3v) is 5.99. The number of benzene rings is 1. The maximum atomic E-state index is 12.8. The molecule has 7 heteroatoms. The molecule has 1 aliphatic carbocycles. The number of nitrogens with zero attached hydrogens (tertiary/aromatic N) is 2. The van der Waals surface area contributed by atoms with Gasteiger partial charge in [0.1, 0.15) is 16.5 Å². The van der Waals surface area contributed by atoms with Gasteiger partial charge in [-0.1, -0.05) is 6.42 Å². The molecule has 1 heterocycles. The molecule has 2 atom stereocenters. The van der Waals surface area contributed by atoms with Gasteiger partial charge in [-0.15, -0.1) is 11.3 Å². The van der Waals surface area contributed by atoms with Gasteiger partial charge in [-0.05, 0) is 44.4 Å². The average molecular weight is 404 g/mol. The van der Waals surface area contributed by atoms with E-state index in [0.29, 0.717) is 23.0 Å². The minimum Gasteiger partial charge on any atom is -0.497 e. The van der Waals surface area contributed by atoms with Gasteiger partial charge in [0.05, 0.1) is 26.3 Å². The number of aromatic nitrogens is 1. The van der Waals surface area contributed by atoms with Crippen LogP contribution in [0, 0.1) is 5.92 Å². The summed E-state index contributed by atoms with van der Waals surface area (Å²) in [7, 11) is 5.31. The number of carbonyl (C=O) groups is 1. The summed E-state index contributed by atoms with van der Waals surface area (Å²) in [5.41, 5.74) is 0.548.